The van der Waals surface area contributed by atoms with Gasteiger partial charge in [-0.25, -0.2) is 9.97 Å². The summed E-state index contributed by atoms with van der Waals surface area (Å²) >= 11 is 0. The molecule has 1 fully saturated rings. The Morgan fingerprint density at radius 3 is 2.24 bits per heavy atom. The van der Waals surface area contributed by atoms with Gasteiger partial charge >= 0.3 is 6.18 Å². The first kappa shape index (κ1) is 22.3. The van der Waals surface area contributed by atoms with Gasteiger partial charge in [-0.1, -0.05) is 30.3 Å². The van der Waals surface area contributed by atoms with Crippen molar-refractivity contribution >= 4 is 11.7 Å². The molecule has 33 heavy (non-hydrogen) atoms. The Labute approximate surface area is 186 Å². The Morgan fingerprint density at radius 2 is 1.70 bits per heavy atom. The third kappa shape index (κ3) is 5.28. The number of halogens is 3. The van der Waals surface area contributed by atoms with Gasteiger partial charge in [0, 0.05) is 17.8 Å². The van der Waals surface area contributed by atoms with E-state index in [4.69, 9.17) is 10.5 Å². The van der Waals surface area contributed by atoms with Crippen molar-refractivity contribution in [3.8, 4) is 17.0 Å². The number of benzene rings is 1. The van der Waals surface area contributed by atoms with E-state index in [0.717, 1.165) is 36.1 Å². The smallest absolute Gasteiger partial charge is 0.433 e. The van der Waals surface area contributed by atoms with Gasteiger partial charge in [0.2, 0.25) is 11.8 Å². The van der Waals surface area contributed by atoms with Crippen molar-refractivity contribution in [1.82, 2.24) is 15.0 Å². The first-order valence-electron chi connectivity index (χ1n) is 10.0. The topological polar surface area (TPSA) is 111 Å². The van der Waals surface area contributed by atoms with Gasteiger partial charge in [-0.2, -0.15) is 13.2 Å². The molecule has 170 valence electrons. The lowest BCUT2D eigenvalue weighted by atomic mass is 9.77. The molecule has 0 bridgehead atoms. The molecule has 1 aliphatic carbocycles. The molecule has 0 atom stereocenters. The largest absolute Gasteiger partial charge is 0.505 e. The molecule has 7 nitrogen and oxygen atoms in total. The fourth-order valence-electron chi connectivity index (χ4n) is 3.50. The molecule has 1 saturated carbocycles. The molecule has 1 aliphatic rings. The van der Waals surface area contributed by atoms with Crippen LogP contribution in [0.3, 0.4) is 0 Å². The number of carbonyl (C=O) groups is 1. The number of primary amides is 1. The molecule has 1 aromatic carbocycles. The average molecular weight is 456 g/mol. The fraction of sp³-hybridized carbons (Fsp3) is 0.217. The van der Waals surface area contributed by atoms with E-state index in [9.17, 15) is 23.1 Å². The van der Waals surface area contributed by atoms with Crippen LogP contribution in [0, 0.1) is 0 Å². The number of nitrogens with two attached hydrogens (primary N) is 1. The van der Waals surface area contributed by atoms with Crippen LogP contribution in [0.5, 0.6) is 5.88 Å². The van der Waals surface area contributed by atoms with Gasteiger partial charge in [-0.05, 0) is 36.0 Å². The van der Waals surface area contributed by atoms with Crippen LogP contribution in [0.1, 0.15) is 35.7 Å². The summed E-state index contributed by atoms with van der Waals surface area (Å²) in [7, 11) is 0. The number of aliphatic hydroxyl groups excluding tert-OH is 1. The summed E-state index contributed by atoms with van der Waals surface area (Å²) in [5, 5.41) is 9.69. The summed E-state index contributed by atoms with van der Waals surface area (Å²) < 4.78 is 43.8. The van der Waals surface area contributed by atoms with Crippen LogP contribution >= 0.6 is 0 Å². The van der Waals surface area contributed by atoms with Crippen molar-refractivity contribution in [1.29, 1.82) is 0 Å². The van der Waals surface area contributed by atoms with E-state index >= 15 is 0 Å². The normalized spacial score (nSPS) is 18.5. The van der Waals surface area contributed by atoms with Gasteiger partial charge in [-0.3, -0.25) is 9.78 Å². The van der Waals surface area contributed by atoms with Crippen LogP contribution in [-0.2, 0) is 11.0 Å². The summed E-state index contributed by atoms with van der Waals surface area (Å²) in [5.41, 5.74) is 6.69. The zero-order valence-corrected chi connectivity index (χ0v) is 17.2. The Balaban J connectivity index is 1.32. The molecule has 0 radical (unpaired) electrons. The highest BCUT2D eigenvalue weighted by Crippen LogP contribution is 2.39. The number of rotatable bonds is 6. The molecule has 0 spiro atoms. The molecule has 3 N–H and O–H groups in total. The van der Waals surface area contributed by atoms with Gasteiger partial charge in [0.05, 0.1) is 12.4 Å². The molecule has 0 aliphatic heterocycles. The van der Waals surface area contributed by atoms with E-state index < -0.39 is 17.8 Å². The van der Waals surface area contributed by atoms with Gasteiger partial charge < -0.3 is 15.6 Å². The summed E-state index contributed by atoms with van der Waals surface area (Å²) in [6, 6.07) is 10.0. The number of carbonyl (C=O) groups excluding carboxylic acids is 1. The zero-order chi connectivity index (χ0) is 23.6. The van der Waals surface area contributed by atoms with Crippen LogP contribution in [0.25, 0.3) is 16.9 Å². The lowest BCUT2D eigenvalue weighted by Crippen LogP contribution is -2.32. The van der Waals surface area contributed by atoms with Crippen LogP contribution in [0.15, 0.2) is 61.1 Å². The monoisotopic (exact) mass is 456 g/mol. The molecule has 10 heteroatoms. The van der Waals surface area contributed by atoms with E-state index in [0.29, 0.717) is 17.4 Å². The van der Waals surface area contributed by atoms with Crippen LogP contribution in [-0.4, -0.2) is 32.1 Å². The van der Waals surface area contributed by atoms with E-state index in [-0.39, 0.29) is 17.6 Å². The van der Waals surface area contributed by atoms with Crippen molar-refractivity contribution < 1.29 is 27.8 Å². The highest BCUT2D eigenvalue weighted by Gasteiger charge is 2.33. The summed E-state index contributed by atoms with van der Waals surface area (Å²) in [6.45, 7) is 0. The number of pyridine rings is 1. The lowest BCUT2D eigenvalue weighted by molar-refractivity contribution is -0.141. The van der Waals surface area contributed by atoms with E-state index in [1.165, 1.54) is 24.7 Å². The summed E-state index contributed by atoms with van der Waals surface area (Å²) in [4.78, 5) is 22.4. The minimum Gasteiger partial charge on any atom is -0.505 e. The van der Waals surface area contributed by atoms with Crippen molar-refractivity contribution in [2.45, 2.75) is 31.0 Å². The molecule has 2 heterocycles. The minimum absolute atomic E-state index is 0.0382. The van der Waals surface area contributed by atoms with Crippen molar-refractivity contribution in [2.24, 2.45) is 5.73 Å². The SMILES string of the molecule is NC(=O)/C=C(\O)c1cnc(OC2CC(c3ccc(-c4ccc(C(F)(F)F)nc4)cc3)C2)cn1. The second-order valence-corrected chi connectivity index (χ2v) is 7.63. The number of ether oxygens (including phenoxy) is 1. The Kier molecular flexibility index (Phi) is 5.99. The predicted octanol–water partition coefficient (Wildman–Crippen LogP) is 4.27. The van der Waals surface area contributed by atoms with E-state index in [1.54, 1.807) is 0 Å². The van der Waals surface area contributed by atoms with Gasteiger partial charge in [0.1, 0.15) is 23.3 Å². The average Bonchev–Trinajstić information content (AvgIpc) is 2.75. The molecule has 0 saturated heterocycles. The first-order chi connectivity index (χ1) is 15.7. The van der Waals surface area contributed by atoms with Gasteiger partial charge in [0.15, 0.2) is 0 Å². The van der Waals surface area contributed by atoms with Crippen molar-refractivity contribution in [3.05, 3.63) is 78.0 Å². The quantitative estimate of drug-likeness (QED) is 0.423. The molecular formula is C23H19F3N4O3. The number of hydrogen-bond acceptors (Lipinski definition) is 6. The first-order valence-corrected chi connectivity index (χ1v) is 10.0. The zero-order valence-electron chi connectivity index (χ0n) is 17.2. The van der Waals surface area contributed by atoms with E-state index in [1.807, 2.05) is 24.3 Å². The number of hydrogen-bond donors (Lipinski definition) is 2. The highest BCUT2D eigenvalue weighted by atomic mass is 19.4. The third-order valence-electron chi connectivity index (χ3n) is 5.32. The minimum atomic E-state index is -4.46. The number of aliphatic hydroxyl groups is 1. The molecule has 1 amide bonds. The number of alkyl halides is 3. The standard InChI is InChI=1S/C23H19F3N4O3/c24-23(25,26)20-6-5-15(10-29-20)13-1-3-14(4-2-13)16-7-17(8-16)33-22-12-28-18(11-30-22)19(31)9-21(27)32/h1-6,9-12,16-17,31H,7-8H2,(H2,27,32)/b19-9-. The second kappa shape index (κ2) is 8.89. The van der Waals surface area contributed by atoms with Crippen molar-refractivity contribution in [2.75, 3.05) is 0 Å². The Bertz CT molecular complexity index is 1160. The molecular weight excluding hydrogens is 437 g/mol. The number of aromatic nitrogens is 3. The van der Waals surface area contributed by atoms with Crippen LogP contribution < -0.4 is 10.5 Å². The maximum absolute atomic E-state index is 12.7. The molecule has 2 aromatic heterocycles. The summed E-state index contributed by atoms with van der Waals surface area (Å²) in [6.07, 6.45) is 1.78. The predicted molar refractivity (Wildman–Crippen MR) is 113 cm³/mol. The third-order valence-corrected chi connectivity index (χ3v) is 5.32. The fourth-order valence-corrected chi connectivity index (χ4v) is 3.50. The molecule has 0 unspecified atom stereocenters. The van der Waals surface area contributed by atoms with Gasteiger partial charge in [0.25, 0.3) is 0 Å². The van der Waals surface area contributed by atoms with Gasteiger partial charge in [-0.15, -0.1) is 0 Å². The highest BCUT2D eigenvalue weighted by molar-refractivity contribution is 5.91. The molecule has 3 aromatic rings. The van der Waals surface area contributed by atoms with Crippen LogP contribution in [0.2, 0.25) is 0 Å². The van der Waals surface area contributed by atoms with Crippen molar-refractivity contribution in [3.63, 3.8) is 0 Å². The maximum Gasteiger partial charge on any atom is 0.433 e. The maximum atomic E-state index is 12.7. The van der Waals surface area contributed by atoms with E-state index in [2.05, 4.69) is 15.0 Å². The van der Waals surface area contributed by atoms with Crippen LogP contribution in [0.4, 0.5) is 13.2 Å². The number of amides is 1. The lowest BCUT2D eigenvalue weighted by Gasteiger charge is -2.35. The molecule has 4 rings (SSSR count). The number of nitrogens with zero attached hydrogens (tertiary/aromatic N) is 3. The summed E-state index contributed by atoms with van der Waals surface area (Å²) in [5.74, 6) is -0.566. The second-order valence-electron chi connectivity index (χ2n) is 7.63. The Hall–Kier alpha value is -3.95. The Morgan fingerprint density at radius 1 is 1.00 bits per heavy atom.